The van der Waals surface area contributed by atoms with Gasteiger partial charge in [-0.2, -0.15) is 11.8 Å². The molecule has 1 heterocycles. The molecule has 1 rings (SSSR count). The van der Waals surface area contributed by atoms with Crippen LogP contribution in [-0.2, 0) is 12.2 Å². The molecule has 2 nitrogen and oxygen atoms in total. The number of aryl methyl sites for hydroxylation is 1. The molecule has 55 valence electrons. The van der Waals surface area contributed by atoms with Gasteiger partial charge in [-0.3, -0.25) is 0 Å². The smallest absolute Gasteiger partial charge is 0.0925 e. The Morgan fingerprint density at radius 3 is 3.20 bits per heavy atom. The van der Waals surface area contributed by atoms with E-state index in [0.717, 1.165) is 17.9 Å². The van der Waals surface area contributed by atoms with Crippen molar-refractivity contribution in [3.05, 3.63) is 24.0 Å². The predicted molar refractivity (Wildman–Crippen MR) is 44.6 cm³/mol. The summed E-state index contributed by atoms with van der Waals surface area (Å²) in [7, 11) is 0. The fourth-order valence-corrected chi connectivity index (χ4v) is 1.32. The van der Waals surface area contributed by atoms with E-state index in [1.54, 1.807) is 18.1 Å². The van der Waals surface area contributed by atoms with Crippen LogP contribution in [0.25, 0.3) is 0 Å². The maximum atomic E-state index is 4.16. The Kier molecular flexibility index (Phi) is 2.81. The summed E-state index contributed by atoms with van der Waals surface area (Å²) >= 11 is 1.56. The number of aromatic amines is 1. The second kappa shape index (κ2) is 3.66. The number of nitrogens with zero attached hydrogens (tertiary/aromatic N) is 1. The van der Waals surface area contributed by atoms with Gasteiger partial charge < -0.3 is 4.98 Å². The van der Waals surface area contributed by atoms with Crippen LogP contribution in [0.4, 0.5) is 0 Å². The number of nitrogens with one attached hydrogen (secondary N) is 1. The van der Waals surface area contributed by atoms with E-state index < -0.39 is 0 Å². The first kappa shape index (κ1) is 7.66. The van der Waals surface area contributed by atoms with Crippen molar-refractivity contribution in [3.63, 3.8) is 0 Å². The van der Waals surface area contributed by atoms with Crippen molar-refractivity contribution < 1.29 is 0 Å². The maximum absolute atomic E-state index is 4.16. The zero-order valence-electron chi connectivity index (χ0n) is 6.05. The van der Waals surface area contributed by atoms with E-state index in [0.29, 0.717) is 0 Å². The monoisotopic (exact) mass is 155 g/mol. The fraction of sp³-hybridized carbons (Fsp3) is 0.429. The molecule has 0 saturated heterocycles. The first-order chi connectivity index (χ1) is 4.88. The quantitative estimate of drug-likeness (QED) is 0.723. The molecular formula is C7H11N2S. The van der Waals surface area contributed by atoms with E-state index in [9.17, 15) is 0 Å². The summed E-state index contributed by atoms with van der Waals surface area (Å²) in [6, 6.07) is 0. The Morgan fingerprint density at radius 1 is 1.80 bits per heavy atom. The molecule has 1 aromatic heterocycles. The van der Waals surface area contributed by atoms with Gasteiger partial charge in [-0.15, -0.1) is 0 Å². The summed E-state index contributed by atoms with van der Waals surface area (Å²) in [4.78, 5) is 7.25. The van der Waals surface area contributed by atoms with Gasteiger partial charge in [0, 0.05) is 17.7 Å². The summed E-state index contributed by atoms with van der Waals surface area (Å²) in [5, 5.41) is 0. The Labute approximate surface area is 65.4 Å². The molecule has 0 aliphatic heterocycles. The standard InChI is InChI=1S/C7H11N2S/c1-3-6-7(4-10-2)9-5-8-6/h5H,2-4H2,1H3,(H,8,9). The Balaban J connectivity index is 2.70. The van der Waals surface area contributed by atoms with E-state index in [1.165, 1.54) is 5.69 Å². The normalized spacial score (nSPS) is 10.2. The third-order valence-corrected chi connectivity index (χ3v) is 1.88. The highest BCUT2D eigenvalue weighted by atomic mass is 32.2. The van der Waals surface area contributed by atoms with E-state index in [1.807, 2.05) is 0 Å². The second-order valence-electron chi connectivity index (χ2n) is 2.03. The van der Waals surface area contributed by atoms with Crippen molar-refractivity contribution in [2.24, 2.45) is 0 Å². The zero-order chi connectivity index (χ0) is 7.40. The highest BCUT2D eigenvalue weighted by molar-refractivity contribution is 7.99. The Hall–Kier alpha value is -0.440. The van der Waals surface area contributed by atoms with Crippen LogP contribution in [0.5, 0.6) is 0 Å². The molecule has 0 bridgehead atoms. The van der Waals surface area contributed by atoms with E-state index in [4.69, 9.17) is 0 Å². The van der Waals surface area contributed by atoms with Gasteiger partial charge >= 0.3 is 0 Å². The van der Waals surface area contributed by atoms with Crippen molar-refractivity contribution in [2.75, 3.05) is 0 Å². The van der Waals surface area contributed by atoms with Gasteiger partial charge in [-0.1, -0.05) is 6.92 Å². The lowest BCUT2D eigenvalue weighted by Gasteiger charge is -1.94. The molecule has 10 heavy (non-hydrogen) atoms. The van der Waals surface area contributed by atoms with Gasteiger partial charge in [-0.05, 0) is 6.42 Å². The highest BCUT2D eigenvalue weighted by Gasteiger charge is 2.00. The maximum Gasteiger partial charge on any atom is 0.0925 e. The molecule has 1 radical (unpaired) electrons. The van der Waals surface area contributed by atoms with Crippen molar-refractivity contribution >= 4 is 11.8 Å². The lowest BCUT2D eigenvalue weighted by Crippen LogP contribution is -1.87. The summed E-state index contributed by atoms with van der Waals surface area (Å²) < 4.78 is 0. The summed E-state index contributed by atoms with van der Waals surface area (Å²) in [6.07, 6.45) is 6.46. The van der Waals surface area contributed by atoms with Gasteiger partial charge in [-0.25, -0.2) is 4.98 Å². The number of H-pyrrole nitrogens is 1. The topological polar surface area (TPSA) is 28.7 Å². The average Bonchev–Trinajstić information content (AvgIpc) is 2.36. The highest BCUT2D eigenvalue weighted by Crippen LogP contribution is 2.11. The number of hydrogen-bond acceptors (Lipinski definition) is 2. The minimum atomic E-state index is 0.909. The average molecular weight is 155 g/mol. The van der Waals surface area contributed by atoms with Crippen LogP contribution in [0.1, 0.15) is 18.3 Å². The molecule has 1 N–H and O–H groups in total. The Morgan fingerprint density at radius 2 is 2.60 bits per heavy atom. The lowest BCUT2D eigenvalue weighted by molar-refractivity contribution is 1.03. The largest absolute Gasteiger partial charge is 0.348 e. The van der Waals surface area contributed by atoms with Crippen LogP contribution in [-0.4, -0.2) is 9.97 Å². The van der Waals surface area contributed by atoms with Crippen LogP contribution in [0.2, 0.25) is 0 Å². The molecular weight excluding hydrogens is 144 g/mol. The third kappa shape index (κ3) is 1.53. The number of thioether (sulfide) groups is 1. The van der Waals surface area contributed by atoms with Crippen LogP contribution < -0.4 is 0 Å². The molecule has 0 aliphatic rings. The van der Waals surface area contributed by atoms with Crippen LogP contribution in [0.3, 0.4) is 0 Å². The Bertz CT molecular complexity index is 195. The molecule has 0 aromatic carbocycles. The van der Waals surface area contributed by atoms with Crippen LogP contribution in [0, 0.1) is 6.26 Å². The number of imidazole rings is 1. The zero-order valence-corrected chi connectivity index (χ0v) is 6.87. The number of aromatic nitrogens is 2. The number of rotatable bonds is 3. The summed E-state index contributed by atoms with van der Waals surface area (Å²) in [5.74, 6) is 0.909. The number of hydrogen-bond donors (Lipinski definition) is 1. The molecule has 0 fully saturated rings. The van der Waals surface area contributed by atoms with Crippen molar-refractivity contribution in [2.45, 2.75) is 19.1 Å². The minimum Gasteiger partial charge on any atom is -0.348 e. The van der Waals surface area contributed by atoms with E-state index >= 15 is 0 Å². The van der Waals surface area contributed by atoms with Crippen molar-refractivity contribution in [1.82, 2.24) is 9.97 Å². The minimum absolute atomic E-state index is 0.909. The van der Waals surface area contributed by atoms with Gasteiger partial charge in [0.2, 0.25) is 0 Å². The molecule has 1 aromatic rings. The van der Waals surface area contributed by atoms with Crippen LogP contribution >= 0.6 is 11.8 Å². The molecule has 0 saturated carbocycles. The second-order valence-corrected chi connectivity index (χ2v) is 2.73. The molecule has 0 atom stereocenters. The summed E-state index contributed by atoms with van der Waals surface area (Å²) in [5.41, 5.74) is 2.37. The van der Waals surface area contributed by atoms with Gasteiger partial charge in [0.05, 0.1) is 12.0 Å². The predicted octanol–water partition coefficient (Wildman–Crippen LogP) is 2.00. The van der Waals surface area contributed by atoms with Crippen molar-refractivity contribution in [3.8, 4) is 0 Å². The molecule has 0 unspecified atom stereocenters. The molecule has 3 heteroatoms. The molecule has 0 amide bonds. The van der Waals surface area contributed by atoms with E-state index in [2.05, 4.69) is 23.1 Å². The molecule has 0 spiro atoms. The first-order valence-electron chi connectivity index (χ1n) is 3.26. The van der Waals surface area contributed by atoms with Gasteiger partial charge in [0.25, 0.3) is 0 Å². The fourth-order valence-electron chi connectivity index (χ4n) is 0.877. The SMILES string of the molecule is [CH2]SCc1nc[nH]c1CC. The summed E-state index contributed by atoms with van der Waals surface area (Å²) in [6.45, 7) is 2.12. The lowest BCUT2D eigenvalue weighted by atomic mass is 10.3. The van der Waals surface area contributed by atoms with E-state index in [-0.39, 0.29) is 0 Å². The molecule has 0 aliphatic carbocycles. The first-order valence-corrected chi connectivity index (χ1v) is 4.42. The van der Waals surface area contributed by atoms with Gasteiger partial charge in [0.15, 0.2) is 0 Å². The third-order valence-electron chi connectivity index (χ3n) is 1.40. The van der Waals surface area contributed by atoms with Gasteiger partial charge in [0.1, 0.15) is 0 Å². The van der Waals surface area contributed by atoms with Crippen LogP contribution in [0.15, 0.2) is 6.33 Å². The van der Waals surface area contributed by atoms with Crippen molar-refractivity contribution in [1.29, 1.82) is 0 Å².